The first-order valence-corrected chi connectivity index (χ1v) is 7.15. The molecule has 2 heterocycles. The minimum Gasteiger partial charge on any atom is -0.444 e. The number of carbonyl (C=O) groups excluding carboxylic acids is 1. The lowest BCUT2D eigenvalue weighted by Crippen LogP contribution is -2.48. The van der Waals surface area contributed by atoms with Crippen LogP contribution in [0.3, 0.4) is 0 Å². The van der Waals surface area contributed by atoms with Crippen LogP contribution in [0.15, 0.2) is 0 Å². The van der Waals surface area contributed by atoms with E-state index in [4.69, 9.17) is 4.74 Å². The number of rotatable bonds is 1. The Balaban J connectivity index is 2.06. The highest BCUT2D eigenvalue weighted by Crippen LogP contribution is 2.32. The summed E-state index contributed by atoms with van der Waals surface area (Å²) in [7, 11) is 0. The summed E-state index contributed by atoms with van der Waals surface area (Å²) in [6, 6.07) is 0.765. The predicted molar refractivity (Wildman–Crippen MR) is 71.5 cm³/mol. The van der Waals surface area contributed by atoms with Crippen LogP contribution < -0.4 is 5.32 Å². The van der Waals surface area contributed by atoms with E-state index in [9.17, 15) is 4.79 Å². The molecule has 104 valence electrons. The third-order valence-electron chi connectivity index (χ3n) is 3.93. The minimum atomic E-state index is -0.406. The average molecular weight is 254 g/mol. The Labute approximate surface area is 110 Å². The first-order chi connectivity index (χ1) is 8.42. The van der Waals surface area contributed by atoms with Crippen molar-refractivity contribution >= 4 is 6.09 Å². The number of ether oxygens (including phenoxy) is 1. The van der Waals surface area contributed by atoms with E-state index in [1.54, 1.807) is 0 Å². The largest absolute Gasteiger partial charge is 0.444 e. The quantitative estimate of drug-likeness (QED) is 0.781. The van der Waals surface area contributed by atoms with E-state index in [2.05, 4.69) is 12.2 Å². The van der Waals surface area contributed by atoms with Crippen molar-refractivity contribution in [1.29, 1.82) is 0 Å². The summed E-state index contributed by atoms with van der Waals surface area (Å²) < 4.78 is 5.52. The lowest BCUT2D eigenvalue weighted by atomic mass is 9.90. The number of likely N-dealkylation sites (tertiary alicyclic amines) is 1. The number of fused-ring (bicyclic) bond motifs is 1. The third kappa shape index (κ3) is 2.79. The van der Waals surface area contributed by atoms with Gasteiger partial charge in [0.1, 0.15) is 5.60 Å². The maximum absolute atomic E-state index is 12.2. The molecule has 0 aromatic rings. The summed E-state index contributed by atoms with van der Waals surface area (Å²) in [5.41, 5.74) is -0.406. The fourth-order valence-corrected chi connectivity index (χ4v) is 3.22. The second-order valence-electron chi connectivity index (χ2n) is 6.49. The van der Waals surface area contributed by atoms with Gasteiger partial charge in [-0.2, -0.15) is 0 Å². The van der Waals surface area contributed by atoms with Crippen LogP contribution in [-0.4, -0.2) is 41.8 Å². The van der Waals surface area contributed by atoms with Gasteiger partial charge in [0.25, 0.3) is 0 Å². The number of nitrogens with one attached hydrogen (secondary N) is 1. The molecule has 3 atom stereocenters. The van der Waals surface area contributed by atoms with Crippen molar-refractivity contribution in [3.8, 4) is 0 Å². The lowest BCUT2D eigenvalue weighted by Gasteiger charge is -2.31. The minimum absolute atomic E-state index is 0.148. The van der Waals surface area contributed by atoms with Crippen molar-refractivity contribution in [2.45, 2.75) is 64.6 Å². The van der Waals surface area contributed by atoms with Crippen molar-refractivity contribution in [2.24, 2.45) is 5.92 Å². The molecule has 0 saturated carbocycles. The highest BCUT2D eigenvalue weighted by Gasteiger charge is 2.44. The van der Waals surface area contributed by atoms with Crippen LogP contribution in [0.5, 0.6) is 0 Å². The van der Waals surface area contributed by atoms with Gasteiger partial charge in [-0.25, -0.2) is 4.79 Å². The monoisotopic (exact) mass is 254 g/mol. The molecule has 0 spiro atoms. The number of piperidine rings is 1. The molecule has 2 aliphatic heterocycles. The molecule has 0 aliphatic carbocycles. The fraction of sp³-hybridized carbons (Fsp3) is 0.929. The second-order valence-corrected chi connectivity index (χ2v) is 6.49. The van der Waals surface area contributed by atoms with Gasteiger partial charge >= 0.3 is 6.09 Å². The van der Waals surface area contributed by atoms with Crippen molar-refractivity contribution in [2.75, 3.05) is 13.1 Å². The first-order valence-electron chi connectivity index (χ1n) is 7.15. The van der Waals surface area contributed by atoms with E-state index >= 15 is 0 Å². The Kier molecular flexibility index (Phi) is 3.85. The van der Waals surface area contributed by atoms with Crippen molar-refractivity contribution in [3.63, 3.8) is 0 Å². The van der Waals surface area contributed by atoms with Crippen LogP contribution in [0.1, 0.15) is 47.0 Å². The molecule has 1 amide bonds. The SMILES string of the molecule is CCC1C2NCCCC2CN1C(=O)OC(C)(C)C. The molecule has 2 rings (SSSR count). The Hall–Kier alpha value is -0.770. The molecule has 3 unspecified atom stereocenters. The van der Waals surface area contributed by atoms with Gasteiger partial charge in [0.05, 0.1) is 6.04 Å². The molecule has 2 aliphatic rings. The molecule has 2 saturated heterocycles. The zero-order valence-electron chi connectivity index (χ0n) is 12.0. The third-order valence-corrected chi connectivity index (χ3v) is 3.93. The summed E-state index contributed by atoms with van der Waals surface area (Å²) >= 11 is 0. The van der Waals surface area contributed by atoms with E-state index in [0.29, 0.717) is 18.0 Å². The van der Waals surface area contributed by atoms with Crippen molar-refractivity contribution < 1.29 is 9.53 Å². The molecule has 0 aromatic heterocycles. The smallest absolute Gasteiger partial charge is 0.410 e. The molecule has 0 bridgehead atoms. The topological polar surface area (TPSA) is 41.6 Å². The van der Waals surface area contributed by atoms with Crippen LogP contribution in [0, 0.1) is 5.92 Å². The molecule has 0 aromatic carbocycles. The molecule has 1 N–H and O–H groups in total. The van der Waals surface area contributed by atoms with Crippen LogP contribution in [0.4, 0.5) is 4.79 Å². The summed E-state index contributed by atoms with van der Waals surface area (Å²) in [5.74, 6) is 0.608. The summed E-state index contributed by atoms with van der Waals surface area (Å²) in [4.78, 5) is 14.2. The summed E-state index contributed by atoms with van der Waals surface area (Å²) in [6.45, 7) is 9.86. The van der Waals surface area contributed by atoms with Gasteiger partial charge in [0.2, 0.25) is 0 Å². The van der Waals surface area contributed by atoms with Crippen molar-refractivity contribution in [1.82, 2.24) is 10.2 Å². The standard InChI is InChI=1S/C14H26N2O2/c1-5-11-12-10(7-6-8-15-12)9-16(11)13(17)18-14(2,3)4/h10-12,15H,5-9H2,1-4H3. The number of hydrogen-bond acceptors (Lipinski definition) is 3. The Morgan fingerprint density at radius 1 is 1.44 bits per heavy atom. The average Bonchev–Trinajstić information content (AvgIpc) is 2.65. The number of amides is 1. The molecule has 4 nitrogen and oxygen atoms in total. The Morgan fingerprint density at radius 3 is 2.78 bits per heavy atom. The highest BCUT2D eigenvalue weighted by atomic mass is 16.6. The molecule has 0 radical (unpaired) electrons. The maximum atomic E-state index is 12.2. The highest BCUT2D eigenvalue weighted by molar-refractivity contribution is 5.69. The summed E-state index contributed by atoms with van der Waals surface area (Å²) in [5, 5.41) is 3.58. The van der Waals surface area contributed by atoms with Gasteiger partial charge in [0, 0.05) is 12.6 Å². The summed E-state index contributed by atoms with van der Waals surface area (Å²) in [6.07, 6.45) is 3.30. The predicted octanol–water partition coefficient (Wildman–Crippen LogP) is 2.38. The van der Waals surface area contributed by atoms with Gasteiger partial charge < -0.3 is 15.0 Å². The van der Waals surface area contributed by atoms with E-state index in [-0.39, 0.29) is 6.09 Å². The van der Waals surface area contributed by atoms with Gasteiger partial charge in [0.15, 0.2) is 0 Å². The Morgan fingerprint density at radius 2 is 2.17 bits per heavy atom. The van der Waals surface area contributed by atoms with Gasteiger partial charge in [-0.15, -0.1) is 0 Å². The Bertz CT molecular complexity index is 311. The zero-order chi connectivity index (χ0) is 13.3. The van der Waals surface area contributed by atoms with E-state index in [1.165, 1.54) is 12.8 Å². The number of hydrogen-bond donors (Lipinski definition) is 1. The molecule has 18 heavy (non-hydrogen) atoms. The normalized spacial score (nSPS) is 32.2. The van der Waals surface area contributed by atoms with Gasteiger partial charge in [-0.1, -0.05) is 6.92 Å². The van der Waals surface area contributed by atoms with Crippen LogP contribution in [-0.2, 0) is 4.74 Å². The molecular formula is C14H26N2O2. The van der Waals surface area contributed by atoms with Crippen LogP contribution in [0.25, 0.3) is 0 Å². The lowest BCUT2D eigenvalue weighted by molar-refractivity contribution is 0.0211. The van der Waals surface area contributed by atoms with E-state index in [0.717, 1.165) is 19.5 Å². The first kappa shape index (κ1) is 13.7. The molecule has 2 fully saturated rings. The second kappa shape index (κ2) is 5.08. The van der Waals surface area contributed by atoms with Gasteiger partial charge in [-0.3, -0.25) is 0 Å². The van der Waals surface area contributed by atoms with E-state index in [1.807, 2.05) is 25.7 Å². The maximum Gasteiger partial charge on any atom is 0.410 e. The molecule has 4 heteroatoms. The fourth-order valence-electron chi connectivity index (χ4n) is 3.22. The zero-order valence-corrected chi connectivity index (χ0v) is 12.0. The molecular weight excluding hydrogens is 228 g/mol. The van der Waals surface area contributed by atoms with Crippen LogP contribution >= 0.6 is 0 Å². The van der Waals surface area contributed by atoms with Gasteiger partial charge in [-0.05, 0) is 52.5 Å². The number of carbonyl (C=O) groups is 1. The number of nitrogens with zero attached hydrogens (tertiary/aromatic N) is 1. The van der Waals surface area contributed by atoms with Crippen molar-refractivity contribution in [3.05, 3.63) is 0 Å². The van der Waals surface area contributed by atoms with Crippen LogP contribution in [0.2, 0.25) is 0 Å². The van der Waals surface area contributed by atoms with E-state index < -0.39 is 5.60 Å².